The number of methoxy groups -OCH3 is 1. The highest BCUT2D eigenvalue weighted by Gasteiger charge is 2.28. The topological polar surface area (TPSA) is 64.3 Å². The number of carbonyl (C=O) groups is 1. The highest BCUT2D eigenvalue weighted by molar-refractivity contribution is 5.79. The van der Waals surface area contributed by atoms with E-state index < -0.39 is 0 Å². The molecule has 0 bridgehead atoms. The van der Waals surface area contributed by atoms with E-state index in [4.69, 9.17) is 10.5 Å². The number of amides is 1. The summed E-state index contributed by atoms with van der Waals surface area (Å²) in [6.07, 6.45) is 6.34. The minimum absolute atomic E-state index is 0.000671. The van der Waals surface area contributed by atoms with Gasteiger partial charge in [0.15, 0.2) is 0 Å². The predicted octanol–water partition coefficient (Wildman–Crippen LogP) is 2.07. The van der Waals surface area contributed by atoms with Crippen molar-refractivity contribution < 1.29 is 9.53 Å². The molecule has 1 saturated carbocycles. The zero-order chi connectivity index (χ0) is 14.3. The molecule has 0 heterocycles. The molecule has 4 nitrogen and oxygen atoms in total. The second kappa shape index (κ2) is 7.85. The largest absolute Gasteiger partial charge is 0.385 e. The maximum absolute atomic E-state index is 12.3. The maximum Gasteiger partial charge on any atom is 0.224 e. The first-order chi connectivity index (χ1) is 8.96. The Balaban J connectivity index is 2.40. The molecule has 1 fully saturated rings. The average Bonchev–Trinajstić information content (AvgIpc) is 2.58. The van der Waals surface area contributed by atoms with Crippen molar-refractivity contribution in [1.29, 1.82) is 0 Å². The maximum atomic E-state index is 12.3. The molecule has 0 aromatic carbocycles. The molecular weight excluding hydrogens is 240 g/mol. The van der Waals surface area contributed by atoms with Crippen LogP contribution < -0.4 is 11.1 Å². The molecule has 0 aromatic heterocycles. The Hall–Kier alpha value is -0.610. The molecule has 4 heteroatoms. The number of nitrogens with two attached hydrogens (primary N) is 1. The molecule has 112 valence electrons. The summed E-state index contributed by atoms with van der Waals surface area (Å²) in [5.74, 6) is 0.139. The van der Waals surface area contributed by atoms with Gasteiger partial charge in [-0.15, -0.1) is 0 Å². The molecule has 0 aliphatic heterocycles. The summed E-state index contributed by atoms with van der Waals surface area (Å²) in [4.78, 5) is 12.3. The zero-order valence-electron chi connectivity index (χ0n) is 12.7. The van der Waals surface area contributed by atoms with Crippen molar-refractivity contribution >= 4 is 5.91 Å². The van der Waals surface area contributed by atoms with Gasteiger partial charge in [0.1, 0.15) is 0 Å². The Morgan fingerprint density at radius 1 is 1.32 bits per heavy atom. The number of hydrogen-bond donors (Lipinski definition) is 2. The lowest BCUT2D eigenvalue weighted by molar-refractivity contribution is -0.126. The molecule has 0 radical (unpaired) electrons. The monoisotopic (exact) mass is 270 g/mol. The van der Waals surface area contributed by atoms with Crippen molar-refractivity contribution in [2.24, 2.45) is 17.1 Å². The summed E-state index contributed by atoms with van der Waals surface area (Å²) in [7, 11) is 1.71. The van der Waals surface area contributed by atoms with Crippen LogP contribution in [0.25, 0.3) is 0 Å². The van der Waals surface area contributed by atoms with Crippen LogP contribution in [0.1, 0.15) is 52.4 Å². The van der Waals surface area contributed by atoms with Crippen LogP contribution in [0.15, 0.2) is 0 Å². The smallest absolute Gasteiger partial charge is 0.224 e. The number of ether oxygens (including phenoxy) is 1. The van der Waals surface area contributed by atoms with Crippen molar-refractivity contribution in [3.63, 3.8) is 0 Å². The molecule has 2 unspecified atom stereocenters. The molecule has 1 aliphatic carbocycles. The van der Waals surface area contributed by atoms with Crippen LogP contribution in [0.2, 0.25) is 0 Å². The van der Waals surface area contributed by atoms with E-state index in [2.05, 4.69) is 19.2 Å². The van der Waals surface area contributed by atoms with E-state index in [1.54, 1.807) is 7.11 Å². The fourth-order valence-corrected chi connectivity index (χ4v) is 2.59. The van der Waals surface area contributed by atoms with E-state index in [0.29, 0.717) is 6.54 Å². The molecule has 0 aromatic rings. The van der Waals surface area contributed by atoms with Crippen molar-refractivity contribution in [3.05, 3.63) is 0 Å². The summed E-state index contributed by atoms with van der Waals surface area (Å²) >= 11 is 0. The van der Waals surface area contributed by atoms with Crippen molar-refractivity contribution in [3.8, 4) is 0 Å². The predicted molar refractivity (Wildman–Crippen MR) is 77.8 cm³/mol. The minimum Gasteiger partial charge on any atom is -0.385 e. The van der Waals surface area contributed by atoms with Gasteiger partial charge >= 0.3 is 0 Å². The lowest BCUT2D eigenvalue weighted by atomic mass is 9.88. The molecule has 0 saturated heterocycles. The van der Waals surface area contributed by atoms with Crippen LogP contribution in [-0.2, 0) is 9.53 Å². The molecule has 19 heavy (non-hydrogen) atoms. The Morgan fingerprint density at radius 2 is 2.00 bits per heavy atom. The van der Waals surface area contributed by atoms with Crippen molar-refractivity contribution in [2.75, 3.05) is 20.3 Å². The Labute approximate surface area is 117 Å². The van der Waals surface area contributed by atoms with Crippen LogP contribution in [0.4, 0.5) is 0 Å². The van der Waals surface area contributed by atoms with Crippen LogP contribution >= 0.6 is 0 Å². The van der Waals surface area contributed by atoms with Crippen LogP contribution in [0, 0.1) is 11.3 Å². The molecule has 2 atom stereocenters. The third-order valence-corrected chi connectivity index (χ3v) is 4.13. The quantitative estimate of drug-likeness (QED) is 0.726. The molecule has 0 spiro atoms. The van der Waals surface area contributed by atoms with E-state index in [-0.39, 0.29) is 23.3 Å². The lowest BCUT2D eigenvalue weighted by Crippen LogP contribution is -2.44. The van der Waals surface area contributed by atoms with Gasteiger partial charge in [0, 0.05) is 26.3 Å². The lowest BCUT2D eigenvalue weighted by Gasteiger charge is -2.27. The number of nitrogens with one attached hydrogen (secondary N) is 1. The Morgan fingerprint density at radius 3 is 2.68 bits per heavy atom. The fourth-order valence-electron chi connectivity index (χ4n) is 2.59. The fraction of sp³-hybridized carbons (Fsp3) is 0.933. The Kier molecular flexibility index (Phi) is 6.80. The van der Waals surface area contributed by atoms with Gasteiger partial charge in [-0.05, 0) is 24.7 Å². The molecule has 1 amide bonds. The summed E-state index contributed by atoms with van der Waals surface area (Å²) in [5.41, 5.74) is 6.19. The van der Waals surface area contributed by atoms with E-state index in [1.165, 1.54) is 6.42 Å². The van der Waals surface area contributed by atoms with Gasteiger partial charge in [0.2, 0.25) is 5.91 Å². The summed E-state index contributed by atoms with van der Waals surface area (Å²) in [5, 5.41) is 3.09. The second-order valence-corrected chi connectivity index (χ2v) is 6.53. The second-order valence-electron chi connectivity index (χ2n) is 6.53. The number of rotatable bonds is 6. The minimum atomic E-state index is 0.000671. The van der Waals surface area contributed by atoms with Crippen LogP contribution in [-0.4, -0.2) is 32.2 Å². The van der Waals surface area contributed by atoms with Crippen LogP contribution in [0.3, 0.4) is 0 Å². The van der Waals surface area contributed by atoms with Gasteiger partial charge in [0.05, 0.1) is 5.92 Å². The van der Waals surface area contributed by atoms with Gasteiger partial charge in [-0.3, -0.25) is 4.79 Å². The van der Waals surface area contributed by atoms with E-state index in [9.17, 15) is 4.79 Å². The highest BCUT2D eigenvalue weighted by Crippen LogP contribution is 2.23. The zero-order valence-corrected chi connectivity index (χ0v) is 12.7. The van der Waals surface area contributed by atoms with Crippen molar-refractivity contribution in [2.45, 2.75) is 58.4 Å². The van der Waals surface area contributed by atoms with Crippen LogP contribution in [0.5, 0.6) is 0 Å². The van der Waals surface area contributed by atoms with E-state index >= 15 is 0 Å². The third kappa shape index (κ3) is 5.91. The molecule has 3 N–H and O–H groups in total. The Bertz CT molecular complexity index is 279. The van der Waals surface area contributed by atoms with Gasteiger partial charge in [-0.2, -0.15) is 0 Å². The first-order valence-corrected chi connectivity index (χ1v) is 7.48. The molecule has 1 aliphatic rings. The van der Waals surface area contributed by atoms with Gasteiger partial charge in [-0.25, -0.2) is 0 Å². The van der Waals surface area contributed by atoms with Gasteiger partial charge in [-0.1, -0.05) is 33.1 Å². The summed E-state index contributed by atoms with van der Waals surface area (Å²) in [6.45, 7) is 5.73. The molecule has 1 rings (SSSR count). The van der Waals surface area contributed by atoms with Gasteiger partial charge in [0.25, 0.3) is 0 Å². The number of hydrogen-bond acceptors (Lipinski definition) is 3. The normalized spacial score (nSPS) is 24.8. The first-order valence-electron chi connectivity index (χ1n) is 7.48. The van der Waals surface area contributed by atoms with Crippen molar-refractivity contribution in [1.82, 2.24) is 5.32 Å². The standard InChI is InChI=1S/C15H30N2O2/c1-15(2,9-10-19-3)11-17-14(18)12-7-5-4-6-8-13(12)16/h12-13H,4-11,16H2,1-3H3,(H,17,18). The average molecular weight is 270 g/mol. The van der Waals surface area contributed by atoms with Gasteiger partial charge < -0.3 is 15.8 Å². The van der Waals surface area contributed by atoms with E-state index in [1.807, 2.05) is 0 Å². The SMILES string of the molecule is COCCC(C)(C)CNC(=O)C1CCCCCC1N. The first kappa shape index (κ1) is 16.4. The number of carbonyl (C=O) groups excluding carboxylic acids is 1. The third-order valence-electron chi connectivity index (χ3n) is 4.13. The molecular formula is C15H30N2O2. The summed E-state index contributed by atoms with van der Waals surface area (Å²) in [6, 6.07) is 0.0320. The van der Waals surface area contributed by atoms with E-state index in [0.717, 1.165) is 38.7 Å². The highest BCUT2D eigenvalue weighted by atomic mass is 16.5. The summed E-state index contributed by atoms with van der Waals surface area (Å²) < 4.78 is 5.10.